The molecular formula is C28H33N3O6S. The van der Waals surface area contributed by atoms with Crippen molar-refractivity contribution in [3.8, 4) is 11.5 Å². The number of anilines is 1. The van der Waals surface area contributed by atoms with Crippen LogP contribution < -0.4 is 19.1 Å². The van der Waals surface area contributed by atoms with Gasteiger partial charge in [0.25, 0.3) is 10.0 Å². The number of amides is 2. The molecule has 10 heteroatoms. The SMILES string of the molecule is CC[C@@H](C(=O)NC)N(Cc1ccccc1)C(=O)CN(c1cc(OC)ccc1OC)S(=O)(=O)c1ccccc1. The standard InChI is InChI=1S/C28H33N3O6S/c1-5-24(28(33)29-2)30(19-21-12-8-6-9-13-21)27(32)20-31(38(34,35)23-14-10-7-11-15-23)25-18-22(36-3)16-17-26(25)37-4/h6-18,24H,5,19-20H2,1-4H3,(H,29,33)/t24-/m0/s1. The van der Waals surface area contributed by atoms with E-state index in [2.05, 4.69) is 5.32 Å². The molecule has 0 unspecified atom stereocenters. The van der Waals surface area contributed by atoms with Gasteiger partial charge in [-0.15, -0.1) is 0 Å². The highest BCUT2D eigenvalue weighted by Gasteiger charge is 2.34. The second kappa shape index (κ2) is 13.0. The van der Waals surface area contributed by atoms with Crippen LogP contribution in [-0.2, 0) is 26.2 Å². The Hall–Kier alpha value is -4.05. The molecule has 3 aromatic carbocycles. The summed E-state index contributed by atoms with van der Waals surface area (Å²) in [5, 5.41) is 2.61. The highest BCUT2D eigenvalue weighted by Crippen LogP contribution is 2.36. The smallest absolute Gasteiger partial charge is 0.264 e. The molecule has 0 fully saturated rings. The molecule has 0 aliphatic carbocycles. The summed E-state index contributed by atoms with van der Waals surface area (Å²) in [5.41, 5.74) is 0.941. The van der Waals surface area contributed by atoms with Crippen molar-refractivity contribution >= 4 is 27.5 Å². The zero-order valence-electron chi connectivity index (χ0n) is 22.0. The minimum Gasteiger partial charge on any atom is -0.497 e. The molecule has 0 spiro atoms. The van der Waals surface area contributed by atoms with Crippen LogP contribution in [0.5, 0.6) is 11.5 Å². The van der Waals surface area contributed by atoms with Crippen LogP contribution in [-0.4, -0.2) is 59.0 Å². The van der Waals surface area contributed by atoms with Gasteiger partial charge in [0.1, 0.15) is 24.1 Å². The van der Waals surface area contributed by atoms with Crippen LogP contribution in [0.3, 0.4) is 0 Å². The largest absolute Gasteiger partial charge is 0.497 e. The van der Waals surface area contributed by atoms with Gasteiger partial charge in [-0.05, 0) is 36.2 Å². The third kappa shape index (κ3) is 6.44. The van der Waals surface area contributed by atoms with Crippen LogP contribution in [0, 0.1) is 0 Å². The number of nitrogens with one attached hydrogen (secondary N) is 1. The molecular weight excluding hydrogens is 506 g/mol. The van der Waals surface area contributed by atoms with E-state index < -0.39 is 28.5 Å². The average molecular weight is 540 g/mol. The van der Waals surface area contributed by atoms with Crippen molar-refractivity contribution in [2.45, 2.75) is 30.8 Å². The minimum absolute atomic E-state index is 0.00521. The van der Waals surface area contributed by atoms with E-state index in [4.69, 9.17) is 9.47 Å². The van der Waals surface area contributed by atoms with E-state index in [-0.39, 0.29) is 28.8 Å². The van der Waals surface area contributed by atoms with E-state index in [0.29, 0.717) is 12.2 Å². The lowest BCUT2D eigenvalue weighted by molar-refractivity contribution is -0.140. The molecule has 9 nitrogen and oxygen atoms in total. The molecule has 38 heavy (non-hydrogen) atoms. The van der Waals surface area contributed by atoms with Gasteiger partial charge in [0.2, 0.25) is 11.8 Å². The number of carbonyl (C=O) groups is 2. The Morgan fingerprint density at radius 3 is 2.11 bits per heavy atom. The Kier molecular flexibility index (Phi) is 9.72. The molecule has 1 atom stereocenters. The van der Waals surface area contributed by atoms with Gasteiger partial charge in [-0.25, -0.2) is 8.42 Å². The van der Waals surface area contributed by atoms with Crippen LogP contribution in [0.1, 0.15) is 18.9 Å². The Morgan fingerprint density at radius 2 is 1.55 bits per heavy atom. The molecule has 3 aromatic rings. The number of ether oxygens (including phenoxy) is 2. The average Bonchev–Trinajstić information content (AvgIpc) is 2.96. The molecule has 2 amide bonds. The fraction of sp³-hybridized carbons (Fsp3) is 0.286. The van der Waals surface area contributed by atoms with Crippen LogP contribution in [0.4, 0.5) is 5.69 Å². The lowest BCUT2D eigenvalue weighted by atomic mass is 10.1. The first kappa shape index (κ1) is 28.5. The first-order chi connectivity index (χ1) is 18.3. The summed E-state index contributed by atoms with van der Waals surface area (Å²) in [7, 11) is 0.161. The fourth-order valence-corrected chi connectivity index (χ4v) is 5.53. The number of likely N-dealkylation sites (N-methyl/N-ethyl adjacent to an activating group) is 1. The lowest BCUT2D eigenvalue weighted by Crippen LogP contribution is -2.51. The van der Waals surface area contributed by atoms with Crippen LogP contribution >= 0.6 is 0 Å². The van der Waals surface area contributed by atoms with E-state index in [1.165, 1.54) is 44.4 Å². The van der Waals surface area contributed by atoms with Gasteiger partial charge in [0.15, 0.2) is 0 Å². The maximum atomic E-state index is 14.0. The number of carbonyl (C=O) groups excluding carboxylic acids is 2. The van der Waals surface area contributed by atoms with Gasteiger partial charge in [-0.3, -0.25) is 13.9 Å². The summed E-state index contributed by atoms with van der Waals surface area (Å²) in [6.07, 6.45) is 0.339. The van der Waals surface area contributed by atoms with Crippen molar-refractivity contribution < 1.29 is 27.5 Å². The molecule has 202 valence electrons. The van der Waals surface area contributed by atoms with Gasteiger partial charge in [-0.2, -0.15) is 0 Å². The highest BCUT2D eigenvalue weighted by atomic mass is 32.2. The van der Waals surface area contributed by atoms with Gasteiger partial charge in [0, 0.05) is 19.7 Å². The number of hydrogen-bond donors (Lipinski definition) is 1. The van der Waals surface area contributed by atoms with Crippen molar-refractivity contribution in [2.75, 3.05) is 32.1 Å². The van der Waals surface area contributed by atoms with E-state index in [1.54, 1.807) is 37.3 Å². The molecule has 0 saturated heterocycles. The van der Waals surface area contributed by atoms with Gasteiger partial charge in [0.05, 0.1) is 24.8 Å². The Balaban J connectivity index is 2.13. The number of hydrogen-bond acceptors (Lipinski definition) is 6. The predicted octanol–water partition coefficient (Wildman–Crippen LogP) is 3.45. The molecule has 1 N–H and O–H groups in total. The monoisotopic (exact) mass is 539 g/mol. The predicted molar refractivity (Wildman–Crippen MR) is 146 cm³/mol. The summed E-state index contributed by atoms with van der Waals surface area (Å²) in [5.74, 6) is -0.257. The summed E-state index contributed by atoms with van der Waals surface area (Å²) in [4.78, 5) is 28.1. The lowest BCUT2D eigenvalue weighted by Gasteiger charge is -2.33. The molecule has 0 saturated carbocycles. The normalized spacial score (nSPS) is 11.8. The first-order valence-corrected chi connectivity index (χ1v) is 13.6. The zero-order valence-corrected chi connectivity index (χ0v) is 22.8. The molecule has 0 radical (unpaired) electrons. The van der Waals surface area contributed by atoms with E-state index in [0.717, 1.165) is 9.87 Å². The summed E-state index contributed by atoms with van der Waals surface area (Å²) in [6.45, 7) is 1.36. The first-order valence-electron chi connectivity index (χ1n) is 12.1. The summed E-state index contributed by atoms with van der Waals surface area (Å²) < 4.78 is 39.7. The number of rotatable bonds is 12. The third-order valence-electron chi connectivity index (χ3n) is 6.09. The molecule has 0 heterocycles. The molecule has 0 aromatic heterocycles. The number of nitrogens with zero attached hydrogens (tertiary/aromatic N) is 2. The quantitative estimate of drug-likeness (QED) is 0.378. The van der Waals surface area contributed by atoms with Crippen LogP contribution in [0.15, 0.2) is 83.8 Å². The Bertz CT molecular complexity index is 1330. The zero-order chi connectivity index (χ0) is 27.7. The second-order valence-corrected chi connectivity index (χ2v) is 10.3. The van der Waals surface area contributed by atoms with Gasteiger partial charge < -0.3 is 19.7 Å². The van der Waals surface area contributed by atoms with Gasteiger partial charge in [-0.1, -0.05) is 55.5 Å². The Labute approximate surface area is 224 Å². The van der Waals surface area contributed by atoms with Crippen molar-refractivity contribution in [2.24, 2.45) is 0 Å². The van der Waals surface area contributed by atoms with Crippen LogP contribution in [0.25, 0.3) is 0 Å². The van der Waals surface area contributed by atoms with E-state index >= 15 is 0 Å². The maximum absolute atomic E-state index is 14.0. The van der Waals surface area contributed by atoms with E-state index in [9.17, 15) is 18.0 Å². The van der Waals surface area contributed by atoms with Crippen molar-refractivity contribution in [1.29, 1.82) is 0 Å². The number of benzene rings is 3. The topological polar surface area (TPSA) is 105 Å². The second-order valence-electron chi connectivity index (χ2n) is 8.41. The molecule has 0 aliphatic rings. The fourth-order valence-electron chi connectivity index (χ4n) is 4.09. The maximum Gasteiger partial charge on any atom is 0.264 e. The van der Waals surface area contributed by atoms with Crippen molar-refractivity contribution in [3.05, 3.63) is 84.4 Å². The summed E-state index contributed by atoms with van der Waals surface area (Å²) in [6, 6.07) is 21.0. The Morgan fingerprint density at radius 1 is 0.921 bits per heavy atom. The van der Waals surface area contributed by atoms with Crippen molar-refractivity contribution in [1.82, 2.24) is 10.2 Å². The van der Waals surface area contributed by atoms with Gasteiger partial charge >= 0.3 is 0 Å². The summed E-state index contributed by atoms with van der Waals surface area (Å²) >= 11 is 0. The highest BCUT2D eigenvalue weighted by molar-refractivity contribution is 7.92. The number of sulfonamides is 1. The number of methoxy groups -OCH3 is 2. The minimum atomic E-state index is -4.22. The van der Waals surface area contributed by atoms with Crippen LogP contribution in [0.2, 0.25) is 0 Å². The molecule has 3 rings (SSSR count). The van der Waals surface area contributed by atoms with E-state index in [1.807, 2.05) is 30.3 Å². The molecule has 0 bridgehead atoms. The third-order valence-corrected chi connectivity index (χ3v) is 7.87. The van der Waals surface area contributed by atoms with Crippen molar-refractivity contribution in [3.63, 3.8) is 0 Å². The molecule has 0 aliphatic heterocycles.